The van der Waals surface area contributed by atoms with Gasteiger partial charge in [-0.2, -0.15) is 0 Å². The largest absolute Gasteiger partial charge is 0.393 e. The topological polar surface area (TPSA) is 98.3 Å². The Kier molecular flexibility index (Phi) is 4.09. The van der Waals surface area contributed by atoms with E-state index in [1.54, 1.807) is 25.1 Å². The van der Waals surface area contributed by atoms with Gasteiger partial charge in [0.05, 0.1) is 4.92 Å². The van der Waals surface area contributed by atoms with Crippen LogP contribution >= 0.6 is 11.6 Å². The van der Waals surface area contributed by atoms with E-state index in [4.69, 9.17) is 17.3 Å². The number of nitro benzene ring substituents is 1. The highest BCUT2D eigenvalue weighted by molar-refractivity contribution is 6.31. The van der Waals surface area contributed by atoms with Crippen molar-refractivity contribution in [2.24, 2.45) is 0 Å². The summed E-state index contributed by atoms with van der Waals surface area (Å²) in [5, 5.41) is 14.1. The number of nitro groups is 1. The fourth-order valence-corrected chi connectivity index (χ4v) is 2.04. The van der Waals surface area contributed by atoms with E-state index in [0.717, 1.165) is 5.56 Å². The van der Waals surface area contributed by atoms with Gasteiger partial charge in [-0.25, -0.2) is 0 Å². The molecule has 0 aliphatic rings. The predicted molar refractivity (Wildman–Crippen MR) is 81.7 cm³/mol. The average molecular weight is 306 g/mol. The second-order valence-corrected chi connectivity index (χ2v) is 4.85. The number of benzene rings is 2. The zero-order valence-corrected chi connectivity index (χ0v) is 11.8. The van der Waals surface area contributed by atoms with Crippen molar-refractivity contribution in [3.8, 4) is 0 Å². The van der Waals surface area contributed by atoms with Crippen molar-refractivity contribution < 1.29 is 9.72 Å². The first kappa shape index (κ1) is 14.8. The Morgan fingerprint density at radius 2 is 2.05 bits per heavy atom. The predicted octanol–water partition coefficient (Wildman–Crippen LogP) is 3.39. The van der Waals surface area contributed by atoms with Crippen molar-refractivity contribution in [3.63, 3.8) is 0 Å². The molecule has 0 aliphatic heterocycles. The summed E-state index contributed by atoms with van der Waals surface area (Å²) >= 11 is 5.87. The second-order valence-electron chi connectivity index (χ2n) is 4.41. The van der Waals surface area contributed by atoms with Crippen LogP contribution in [0, 0.1) is 17.0 Å². The molecule has 3 N–H and O–H groups in total. The third kappa shape index (κ3) is 3.11. The number of carbonyl (C=O) groups excluding carboxylic acids is 1. The summed E-state index contributed by atoms with van der Waals surface area (Å²) in [6, 6.07) is 9.22. The minimum Gasteiger partial charge on any atom is -0.393 e. The number of anilines is 2. The highest BCUT2D eigenvalue weighted by Gasteiger charge is 2.23. The Balaban J connectivity index is 2.40. The molecule has 21 heavy (non-hydrogen) atoms. The standard InChI is InChI=1S/C14H12ClN3O3/c1-8-5-6-9(15)7-12(8)17-14(19)10-3-2-4-11(16)13(10)18(20)21/h2-7H,16H2,1H3,(H,17,19). The number of para-hydroxylation sites is 1. The zero-order valence-electron chi connectivity index (χ0n) is 11.1. The molecule has 108 valence electrons. The molecule has 2 aromatic rings. The van der Waals surface area contributed by atoms with Crippen LogP contribution in [0.4, 0.5) is 17.1 Å². The van der Waals surface area contributed by atoms with Gasteiger partial charge in [0.15, 0.2) is 0 Å². The van der Waals surface area contributed by atoms with Gasteiger partial charge in [0.2, 0.25) is 0 Å². The minimum atomic E-state index is -0.672. The number of amides is 1. The molecule has 0 unspecified atom stereocenters. The van der Waals surface area contributed by atoms with Gasteiger partial charge in [0, 0.05) is 10.7 Å². The number of nitrogens with one attached hydrogen (secondary N) is 1. The lowest BCUT2D eigenvalue weighted by molar-refractivity contribution is -0.384. The van der Waals surface area contributed by atoms with E-state index in [2.05, 4.69) is 5.32 Å². The lowest BCUT2D eigenvalue weighted by Crippen LogP contribution is -2.15. The monoisotopic (exact) mass is 305 g/mol. The van der Waals surface area contributed by atoms with Crippen LogP contribution in [-0.4, -0.2) is 10.8 Å². The van der Waals surface area contributed by atoms with Gasteiger partial charge in [-0.1, -0.05) is 23.7 Å². The number of nitrogens with zero attached hydrogens (tertiary/aromatic N) is 1. The maximum Gasteiger partial charge on any atom is 0.304 e. The minimum absolute atomic E-state index is 0.0598. The molecule has 6 nitrogen and oxygen atoms in total. The number of hydrogen-bond acceptors (Lipinski definition) is 4. The van der Waals surface area contributed by atoms with Crippen LogP contribution in [0.15, 0.2) is 36.4 Å². The molecule has 0 fully saturated rings. The summed E-state index contributed by atoms with van der Waals surface area (Å²) in [5.74, 6) is -0.612. The van der Waals surface area contributed by atoms with Gasteiger partial charge in [-0.05, 0) is 36.8 Å². The van der Waals surface area contributed by atoms with Crippen LogP contribution in [0.2, 0.25) is 5.02 Å². The van der Waals surface area contributed by atoms with E-state index in [1.807, 2.05) is 0 Å². The fraction of sp³-hybridized carbons (Fsp3) is 0.0714. The molecule has 0 bridgehead atoms. The van der Waals surface area contributed by atoms with E-state index in [9.17, 15) is 14.9 Å². The molecule has 0 heterocycles. The summed E-state index contributed by atoms with van der Waals surface area (Å²) in [4.78, 5) is 22.6. The van der Waals surface area contributed by atoms with Crippen molar-refractivity contribution in [2.75, 3.05) is 11.1 Å². The van der Waals surface area contributed by atoms with Crippen LogP contribution in [0.5, 0.6) is 0 Å². The second kappa shape index (κ2) is 5.80. The average Bonchev–Trinajstić information content (AvgIpc) is 2.42. The molecule has 2 aromatic carbocycles. The fourth-order valence-electron chi connectivity index (χ4n) is 1.87. The molecular formula is C14H12ClN3O3. The molecule has 0 saturated heterocycles. The maximum absolute atomic E-state index is 12.2. The number of halogens is 1. The van der Waals surface area contributed by atoms with E-state index in [-0.39, 0.29) is 11.3 Å². The van der Waals surface area contributed by atoms with Crippen molar-refractivity contribution in [3.05, 3.63) is 62.7 Å². The van der Waals surface area contributed by atoms with E-state index in [1.165, 1.54) is 18.2 Å². The molecule has 1 amide bonds. The Morgan fingerprint density at radius 3 is 2.71 bits per heavy atom. The van der Waals surface area contributed by atoms with Crippen molar-refractivity contribution in [1.82, 2.24) is 0 Å². The molecule has 0 aromatic heterocycles. The van der Waals surface area contributed by atoms with Crippen LogP contribution in [-0.2, 0) is 0 Å². The number of hydrogen-bond donors (Lipinski definition) is 2. The molecule has 0 radical (unpaired) electrons. The van der Waals surface area contributed by atoms with E-state index >= 15 is 0 Å². The number of nitrogen functional groups attached to an aromatic ring is 1. The third-order valence-electron chi connectivity index (χ3n) is 2.94. The first-order valence-corrected chi connectivity index (χ1v) is 6.38. The number of rotatable bonds is 3. The van der Waals surface area contributed by atoms with E-state index in [0.29, 0.717) is 10.7 Å². The molecule has 0 aliphatic carbocycles. The Hall–Kier alpha value is -2.60. The zero-order chi connectivity index (χ0) is 15.6. The summed E-state index contributed by atoms with van der Waals surface area (Å²) in [6.07, 6.45) is 0. The molecule has 0 spiro atoms. The molecule has 2 rings (SSSR count). The molecular weight excluding hydrogens is 294 g/mol. The lowest BCUT2D eigenvalue weighted by atomic mass is 10.1. The quantitative estimate of drug-likeness (QED) is 0.516. The number of carbonyl (C=O) groups is 1. The summed E-state index contributed by atoms with van der Waals surface area (Å²) in [6.45, 7) is 1.79. The normalized spacial score (nSPS) is 10.2. The van der Waals surface area contributed by atoms with Gasteiger partial charge >= 0.3 is 5.69 Å². The molecule has 0 atom stereocenters. The first-order chi connectivity index (χ1) is 9.90. The smallest absolute Gasteiger partial charge is 0.304 e. The maximum atomic E-state index is 12.2. The summed E-state index contributed by atoms with van der Waals surface area (Å²) in [7, 11) is 0. The van der Waals surface area contributed by atoms with Crippen LogP contribution < -0.4 is 11.1 Å². The molecule has 7 heteroatoms. The first-order valence-electron chi connectivity index (χ1n) is 6.00. The van der Waals surface area contributed by atoms with Gasteiger partial charge in [-0.15, -0.1) is 0 Å². The summed E-state index contributed by atoms with van der Waals surface area (Å²) in [5.41, 5.74) is 6.28. The SMILES string of the molecule is Cc1ccc(Cl)cc1NC(=O)c1cccc(N)c1[N+](=O)[O-]. The van der Waals surface area contributed by atoms with E-state index < -0.39 is 16.5 Å². The van der Waals surface area contributed by atoms with Gasteiger partial charge in [-0.3, -0.25) is 14.9 Å². The Labute approximate surface area is 125 Å². The number of nitrogens with two attached hydrogens (primary N) is 1. The van der Waals surface area contributed by atoms with Gasteiger partial charge in [0.1, 0.15) is 11.3 Å². The van der Waals surface area contributed by atoms with Crippen LogP contribution in [0.1, 0.15) is 15.9 Å². The van der Waals surface area contributed by atoms with Gasteiger partial charge < -0.3 is 11.1 Å². The highest BCUT2D eigenvalue weighted by Crippen LogP contribution is 2.27. The molecule has 0 saturated carbocycles. The Morgan fingerprint density at radius 1 is 1.33 bits per heavy atom. The lowest BCUT2D eigenvalue weighted by Gasteiger charge is -2.09. The van der Waals surface area contributed by atoms with Gasteiger partial charge in [0.25, 0.3) is 5.91 Å². The van der Waals surface area contributed by atoms with Crippen molar-refractivity contribution in [1.29, 1.82) is 0 Å². The third-order valence-corrected chi connectivity index (χ3v) is 3.18. The Bertz CT molecular complexity index is 731. The van der Waals surface area contributed by atoms with Crippen molar-refractivity contribution in [2.45, 2.75) is 6.92 Å². The summed E-state index contributed by atoms with van der Waals surface area (Å²) < 4.78 is 0. The van der Waals surface area contributed by atoms with Crippen molar-refractivity contribution >= 4 is 34.6 Å². The van der Waals surface area contributed by atoms with Crippen LogP contribution in [0.3, 0.4) is 0 Å². The van der Waals surface area contributed by atoms with Crippen LogP contribution in [0.25, 0.3) is 0 Å². The highest BCUT2D eigenvalue weighted by atomic mass is 35.5. The number of aryl methyl sites for hydroxylation is 1.